The summed E-state index contributed by atoms with van der Waals surface area (Å²) in [5.74, 6) is -0.207. The van der Waals surface area contributed by atoms with Crippen molar-refractivity contribution in [3.8, 4) is 5.75 Å². The van der Waals surface area contributed by atoms with Gasteiger partial charge in [0.2, 0.25) is 0 Å². The Hall–Kier alpha value is -1.29. The fourth-order valence-electron chi connectivity index (χ4n) is 1.14. The molecular weight excluding hydrogens is 272 g/mol. The zero-order chi connectivity index (χ0) is 12.1. The summed E-state index contributed by atoms with van der Waals surface area (Å²) < 4.78 is 6.35. The first-order valence-electron chi connectivity index (χ1n) is 4.86. The van der Waals surface area contributed by atoms with Gasteiger partial charge >= 0.3 is 5.97 Å². The molecule has 0 spiro atoms. The number of carbonyl (C=O) groups is 1. The summed E-state index contributed by atoms with van der Waals surface area (Å²) in [4.78, 5) is 10.3. The van der Waals surface area contributed by atoms with Gasteiger partial charge in [0.15, 0.2) is 0 Å². The van der Waals surface area contributed by atoms with E-state index in [9.17, 15) is 4.79 Å². The topological polar surface area (TPSA) is 46.5 Å². The first-order chi connectivity index (χ1) is 7.49. The van der Waals surface area contributed by atoms with Crippen molar-refractivity contribution < 1.29 is 14.6 Å². The van der Waals surface area contributed by atoms with E-state index in [4.69, 9.17) is 9.84 Å². The Morgan fingerprint density at radius 3 is 2.69 bits per heavy atom. The summed E-state index contributed by atoms with van der Waals surface area (Å²) >= 11 is 3.38. The quantitative estimate of drug-likeness (QED) is 0.863. The monoisotopic (exact) mass is 284 g/mol. The first-order valence-corrected chi connectivity index (χ1v) is 5.65. The number of hydrogen-bond acceptors (Lipinski definition) is 2. The lowest BCUT2D eigenvalue weighted by Crippen LogP contribution is -2.05. The van der Waals surface area contributed by atoms with E-state index < -0.39 is 5.97 Å². The van der Waals surface area contributed by atoms with Gasteiger partial charge in [-0.3, -0.25) is 0 Å². The standard InChI is InChI=1S/C12H13BrO3/c1-8(2)16-11-5-3-9(7-10(11)13)4-6-12(14)15/h3-8H,1-2H3,(H,14,15)/b6-4+. The van der Waals surface area contributed by atoms with Gasteiger partial charge in [-0.2, -0.15) is 0 Å². The maximum Gasteiger partial charge on any atom is 0.328 e. The zero-order valence-electron chi connectivity index (χ0n) is 9.11. The van der Waals surface area contributed by atoms with Gasteiger partial charge in [0.25, 0.3) is 0 Å². The van der Waals surface area contributed by atoms with Crippen LogP contribution in [-0.4, -0.2) is 17.2 Å². The lowest BCUT2D eigenvalue weighted by molar-refractivity contribution is -0.131. The van der Waals surface area contributed by atoms with Gasteiger partial charge in [-0.1, -0.05) is 6.07 Å². The first kappa shape index (κ1) is 12.8. The van der Waals surface area contributed by atoms with Crippen LogP contribution >= 0.6 is 15.9 Å². The molecule has 0 aromatic heterocycles. The number of aliphatic carboxylic acids is 1. The van der Waals surface area contributed by atoms with Gasteiger partial charge in [-0.15, -0.1) is 0 Å². The lowest BCUT2D eigenvalue weighted by atomic mass is 10.2. The van der Waals surface area contributed by atoms with Crippen molar-refractivity contribution in [2.24, 2.45) is 0 Å². The van der Waals surface area contributed by atoms with Crippen LogP contribution in [-0.2, 0) is 4.79 Å². The molecule has 0 bridgehead atoms. The molecule has 0 aliphatic rings. The molecule has 1 aromatic carbocycles. The number of carboxylic acids is 1. The van der Waals surface area contributed by atoms with Crippen molar-refractivity contribution >= 4 is 28.0 Å². The van der Waals surface area contributed by atoms with Crippen LogP contribution in [0.2, 0.25) is 0 Å². The molecular formula is C12H13BrO3. The highest BCUT2D eigenvalue weighted by molar-refractivity contribution is 9.10. The van der Waals surface area contributed by atoms with Crippen LogP contribution in [0.25, 0.3) is 6.08 Å². The third-order valence-electron chi connectivity index (χ3n) is 1.74. The molecule has 1 aromatic rings. The van der Waals surface area contributed by atoms with E-state index in [0.717, 1.165) is 21.9 Å². The second-order valence-electron chi connectivity index (χ2n) is 3.53. The molecule has 0 unspecified atom stereocenters. The van der Waals surface area contributed by atoms with Gasteiger partial charge in [0.1, 0.15) is 5.75 Å². The Kier molecular flexibility index (Phi) is 4.55. The molecule has 0 aliphatic heterocycles. The minimum atomic E-state index is -0.960. The average molecular weight is 285 g/mol. The molecule has 0 saturated carbocycles. The van der Waals surface area contributed by atoms with E-state index >= 15 is 0 Å². The summed E-state index contributed by atoms with van der Waals surface area (Å²) in [6.07, 6.45) is 2.74. The molecule has 0 saturated heterocycles. The molecule has 0 atom stereocenters. The molecule has 1 N–H and O–H groups in total. The molecule has 1 rings (SSSR count). The minimum absolute atomic E-state index is 0.108. The predicted octanol–water partition coefficient (Wildman–Crippen LogP) is 3.33. The zero-order valence-corrected chi connectivity index (χ0v) is 10.7. The van der Waals surface area contributed by atoms with Gasteiger partial charge in [0, 0.05) is 6.08 Å². The van der Waals surface area contributed by atoms with E-state index in [1.54, 1.807) is 0 Å². The highest BCUT2D eigenvalue weighted by Crippen LogP contribution is 2.27. The van der Waals surface area contributed by atoms with Gasteiger partial charge in [-0.05, 0) is 53.5 Å². The van der Waals surface area contributed by atoms with Crippen LogP contribution in [0.5, 0.6) is 5.75 Å². The maximum atomic E-state index is 10.3. The van der Waals surface area contributed by atoms with E-state index in [1.165, 1.54) is 6.08 Å². The number of rotatable bonds is 4. The summed E-state index contributed by atoms with van der Waals surface area (Å²) in [5, 5.41) is 8.49. The lowest BCUT2D eigenvalue weighted by Gasteiger charge is -2.11. The van der Waals surface area contributed by atoms with Crippen LogP contribution in [0, 0.1) is 0 Å². The number of hydrogen-bond donors (Lipinski definition) is 1. The van der Waals surface area contributed by atoms with Crippen molar-refractivity contribution in [1.82, 2.24) is 0 Å². The fraction of sp³-hybridized carbons (Fsp3) is 0.250. The van der Waals surface area contributed by atoms with Crippen LogP contribution < -0.4 is 4.74 Å². The SMILES string of the molecule is CC(C)Oc1ccc(/C=C/C(=O)O)cc1Br. The van der Waals surface area contributed by atoms with Crippen molar-refractivity contribution in [3.05, 3.63) is 34.3 Å². The van der Waals surface area contributed by atoms with Crippen LogP contribution in [0.1, 0.15) is 19.4 Å². The largest absolute Gasteiger partial charge is 0.490 e. The summed E-state index contributed by atoms with van der Waals surface area (Å²) in [6, 6.07) is 5.44. The number of halogens is 1. The van der Waals surface area contributed by atoms with Gasteiger partial charge < -0.3 is 9.84 Å². The molecule has 0 amide bonds. The fourth-order valence-corrected chi connectivity index (χ4v) is 1.63. The van der Waals surface area contributed by atoms with Crippen LogP contribution in [0.15, 0.2) is 28.7 Å². The van der Waals surface area contributed by atoms with Crippen molar-refractivity contribution in [1.29, 1.82) is 0 Å². The normalized spacial score (nSPS) is 11.0. The van der Waals surface area contributed by atoms with Crippen LogP contribution in [0.4, 0.5) is 0 Å². The van der Waals surface area contributed by atoms with Crippen molar-refractivity contribution in [2.75, 3.05) is 0 Å². The highest BCUT2D eigenvalue weighted by atomic mass is 79.9. The van der Waals surface area contributed by atoms with Gasteiger partial charge in [0.05, 0.1) is 10.6 Å². The Balaban J connectivity index is 2.86. The van der Waals surface area contributed by atoms with Gasteiger partial charge in [-0.25, -0.2) is 4.79 Å². The minimum Gasteiger partial charge on any atom is -0.490 e. The summed E-state index contributed by atoms with van der Waals surface area (Å²) in [6.45, 7) is 3.90. The van der Waals surface area contributed by atoms with E-state index in [-0.39, 0.29) is 6.10 Å². The van der Waals surface area contributed by atoms with Crippen molar-refractivity contribution in [2.45, 2.75) is 20.0 Å². The maximum absolute atomic E-state index is 10.3. The summed E-state index contributed by atoms with van der Waals surface area (Å²) in [5.41, 5.74) is 0.811. The number of ether oxygens (including phenoxy) is 1. The highest BCUT2D eigenvalue weighted by Gasteiger charge is 2.03. The van der Waals surface area contributed by atoms with E-state index in [2.05, 4.69) is 15.9 Å². The molecule has 86 valence electrons. The molecule has 0 aliphatic carbocycles. The second kappa shape index (κ2) is 5.70. The number of benzene rings is 1. The Bertz CT molecular complexity index is 411. The Labute approximate surface area is 103 Å². The number of carboxylic acid groups (broad SMARTS) is 1. The van der Waals surface area contributed by atoms with Crippen molar-refractivity contribution in [3.63, 3.8) is 0 Å². The molecule has 0 radical (unpaired) electrons. The molecule has 4 heteroatoms. The third kappa shape index (κ3) is 4.06. The van der Waals surface area contributed by atoms with E-state index in [0.29, 0.717) is 0 Å². The molecule has 0 heterocycles. The van der Waals surface area contributed by atoms with Crippen LogP contribution in [0.3, 0.4) is 0 Å². The summed E-state index contributed by atoms with van der Waals surface area (Å²) in [7, 11) is 0. The molecule has 3 nitrogen and oxygen atoms in total. The predicted molar refractivity (Wildman–Crippen MR) is 66.6 cm³/mol. The smallest absolute Gasteiger partial charge is 0.328 e. The third-order valence-corrected chi connectivity index (χ3v) is 2.36. The Morgan fingerprint density at radius 1 is 1.50 bits per heavy atom. The average Bonchev–Trinajstić information content (AvgIpc) is 2.18. The molecule has 0 fully saturated rings. The van der Waals surface area contributed by atoms with E-state index in [1.807, 2.05) is 32.0 Å². The molecule has 16 heavy (non-hydrogen) atoms. The second-order valence-corrected chi connectivity index (χ2v) is 4.38. The Morgan fingerprint density at radius 2 is 2.19 bits per heavy atom.